The number of rotatable bonds is 4. The summed E-state index contributed by atoms with van der Waals surface area (Å²) in [5, 5.41) is 8.47. The number of halogens is 1. The van der Waals surface area contributed by atoms with Crippen LogP contribution in [-0.4, -0.2) is 20.7 Å². The van der Waals surface area contributed by atoms with Crippen molar-refractivity contribution < 1.29 is 4.79 Å². The molecule has 0 bridgehead atoms. The van der Waals surface area contributed by atoms with E-state index in [1.807, 2.05) is 32.9 Å². The minimum atomic E-state index is -0.0792. The monoisotopic (exact) mass is 348 g/mol. The van der Waals surface area contributed by atoms with Crippen molar-refractivity contribution in [2.24, 2.45) is 0 Å². The van der Waals surface area contributed by atoms with Gasteiger partial charge in [0.25, 0.3) is 0 Å². The first kappa shape index (κ1) is 16.0. The van der Waals surface area contributed by atoms with Gasteiger partial charge in [-0.25, -0.2) is 4.98 Å². The molecule has 0 aliphatic carbocycles. The lowest BCUT2D eigenvalue weighted by Gasteiger charge is -2.04. The van der Waals surface area contributed by atoms with Crippen molar-refractivity contribution in [1.82, 2.24) is 14.8 Å². The van der Waals surface area contributed by atoms with Crippen LogP contribution in [0.4, 0.5) is 5.13 Å². The molecular weight excluding hydrogens is 332 g/mol. The van der Waals surface area contributed by atoms with Gasteiger partial charge in [-0.15, -0.1) is 0 Å². The van der Waals surface area contributed by atoms with Crippen LogP contribution in [0.1, 0.15) is 23.4 Å². The largest absolute Gasteiger partial charge is 0.302 e. The molecule has 23 heavy (non-hydrogen) atoms. The molecule has 0 fully saturated rings. The molecule has 0 aliphatic heterocycles. The van der Waals surface area contributed by atoms with Gasteiger partial charge in [-0.1, -0.05) is 29.0 Å². The van der Waals surface area contributed by atoms with E-state index in [1.165, 1.54) is 16.9 Å². The molecule has 5 nitrogen and oxygen atoms in total. The number of carbonyl (C=O) groups excluding carboxylic acids is 1. The van der Waals surface area contributed by atoms with E-state index in [1.54, 1.807) is 4.68 Å². The Kier molecular flexibility index (Phi) is 4.37. The molecule has 120 valence electrons. The predicted octanol–water partition coefficient (Wildman–Crippen LogP) is 4.10. The lowest BCUT2D eigenvalue weighted by Crippen LogP contribution is -2.15. The van der Waals surface area contributed by atoms with Crippen LogP contribution in [0.3, 0.4) is 0 Å². The number of nitrogens with zero attached hydrogens (tertiary/aromatic N) is 3. The van der Waals surface area contributed by atoms with Crippen LogP contribution < -0.4 is 5.32 Å². The fraction of sp³-hybridized carbons (Fsp3) is 0.312. The number of amides is 1. The Labute approximate surface area is 143 Å². The molecule has 1 aromatic carbocycles. The van der Waals surface area contributed by atoms with Gasteiger partial charge in [0.1, 0.15) is 0 Å². The van der Waals surface area contributed by atoms with Crippen molar-refractivity contribution in [1.29, 1.82) is 0 Å². The predicted molar refractivity (Wildman–Crippen MR) is 94.3 cm³/mol. The summed E-state index contributed by atoms with van der Waals surface area (Å²) < 4.78 is 2.84. The van der Waals surface area contributed by atoms with Gasteiger partial charge in [-0.05, 0) is 38.5 Å². The van der Waals surface area contributed by atoms with Gasteiger partial charge in [-0.2, -0.15) is 5.10 Å². The van der Waals surface area contributed by atoms with Crippen molar-refractivity contribution in [3.8, 4) is 0 Å². The molecule has 0 aliphatic rings. The van der Waals surface area contributed by atoms with Gasteiger partial charge in [0.15, 0.2) is 5.13 Å². The number of nitrogens with one attached hydrogen (secondary N) is 1. The zero-order valence-corrected chi connectivity index (χ0v) is 14.8. The molecule has 3 aromatic rings. The van der Waals surface area contributed by atoms with E-state index in [-0.39, 0.29) is 5.91 Å². The highest BCUT2D eigenvalue weighted by Gasteiger charge is 2.12. The van der Waals surface area contributed by atoms with Crippen molar-refractivity contribution in [2.75, 3.05) is 5.32 Å². The maximum Gasteiger partial charge on any atom is 0.228 e. The third kappa shape index (κ3) is 3.38. The van der Waals surface area contributed by atoms with E-state index in [2.05, 4.69) is 21.5 Å². The second-order valence-corrected chi connectivity index (χ2v) is 6.90. The number of benzene rings is 1. The average Bonchev–Trinajstić information content (AvgIpc) is 3.00. The Bertz CT molecular complexity index is 884. The Morgan fingerprint density at radius 2 is 2.13 bits per heavy atom. The fourth-order valence-corrected chi connectivity index (χ4v) is 3.48. The topological polar surface area (TPSA) is 59.8 Å². The minimum Gasteiger partial charge on any atom is -0.302 e. The van der Waals surface area contributed by atoms with Crippen molar-refractivity contribution >= 4 is 44.2 Å². The summed E-state index contributed by atoms with van der Waals surface area (Å²) in [4.78, 5) is 16.5. The van der Waals surface area contributed by atoms with Crippen LogP contribution in [0.2, 0.25) is 5.02 Å². The second-order valence-electron chi connectivity index (χ2n) is 5.50. The summed E-state index contributed by atoms with van der Waals surface area (Å²) in [6.07, 6.45) is 0.327. The van der Waals surface area contributed by atoms with E-state index >= 15 is 0 Å². The maximum atomic E-state index is 12.1. The van der Waals surface area contributed by atoms with Crippen LogP contribution in [0.25, 0.3) is 10.2 Å². The van der Waals surface area contributed by atoms with Crippen molar-refractivity contribution in [3.05, 3.63) is 40.2 Å². The Hall–Kier alpha value is -1.92. The highest BCUT2D eigenvalue weighted by Crippen LogP contribution is 2.26. The van der Waals surface area contributed by atoms with Gasteiger partial charge in [0, 0.05) is 6.42 Å². The molecule has 0 unspecified atom stereocenters. The van der Waals surface area contributed by atoms with Crippen LogP contribution in [-0.2, 0) is 11.3 Å². The first-order valence-corrected chi connectivity index (χ1v) is 8.50. The number of aryl methyl sites for hydroxylation is 3. The molecular formula is C16H17ClN4OS. The molecule has 7 heteroatoms. The molecule has 0 radical (unpaired) electrons. The molecule has 1 N–H and O–H groups in total. The third-order valence-electron chi connectivity index (χ3n) is 3.63. The fourth-order valence-electron chi connectivity index (χ4n) is 2.37. The quantitative estimate of drug-likeness (QED) is 0.772. The van der Waals surface area contributed by atoms with Gasteiger partial charge in [0.2, 0.25) is 5.91 Å². The Morgan fingerprint density at radius 3 is 2.83 bits per heavy atom. The normalized spacial score (nSPS) is 11.1. The average molecular weight is 349 g/mol. The molecule has 0 atom stereocenters. The van der Waals surface area contributed by atoms with E-state index in [0.29, 0.717) is 23.1 Å². The first-order valence-electron chi connectivity index (χ1n) is 7.30. The summed E-state index contributed by atoms with van der Waals surface area (Å²) in [5.41, 5.74) is 3.75. The molecule has 0 saturated heterocycles. The number of carbonyl (C=O) groups is 1. The van der Waals surface area contributed by atoms with E-state index < -0.39 is 0 Å². The minimum absolute atomic E-state index is 0.0792. The SMILES string of the molecule is Cc1ccc2nc(NC(=O)CCn3nc(C)c(Cl)c3C)sc2c1. The maximum absolute atomic E-state index is 12.1. The first-order chi connectivity index (χ1) is 10.9. The van der Waals surface area contributed by atoms with Gasteiger partial charge in [0.05, 0.1) is 33.2 Å². The molecule has 2 heterocycles. The lowest BCUT2D eigenvalue weighted by molar-refractivity contribution is -0.116. The second kappa shape index (κ2) is 6.29. The molecule has 0 spiro atoms. The number of hydrogen-bond donors (Lipinski definition) is 1. The third-order valence-corrected chi connectivity index (χ3v) is 5.11. The highest BCUT2D eigenvalue weighted by molar-refractivity contribution is 7.22. The summed E-state index contributed by atoms with van der Waals surface area (Å²) in [6, 6.07) is 6.05. The summed E-state index contributed by atoms with van der Waals surface area (Å²) in [6.45, 7) is 6.29. The summed E-state index contributed by atoms with van der Waals surface area (Å²) in [5.74, 6) is -0.0792. The molecule has 3 rings (SSSR count). The highest BCUT2D eigenvalue weighted by atomic mass is 35.5. The number of aromatic nitrogens is 3. The standard InChI is InChI=1S/C16H17ClN4OS/c1-9-4-5-12-13(8-9)23-16(18-12)19-14(22)6-7-21-11(3)15(17)10(2)20-21/h4-5,8H,6-7H2,1-3H3,(H,18,19,22). The number of thiazole rings is 1. The Balaban J connectivity index is 1.65. The van der Waals surface area contributed by atoms with E-state index in [9.17, 15) is 4.79 Å². The van der Waals surface area contributed by atoms with Crippen LogP contribution in [0.5, 0.6) is 0 Å². The number of anilines is 1. The van der Waals surface area contributed by atoms with E-state index in [0.717, 1.165) is 21.6 Å². The van der Waals surface area contributed by atoms with E-state index in [4.69, 9.17) is 11.6 Å². The van der Waals surface area contributed by atoms with Gasteiger partial charge < -0.3 is 5.32 Å². The van der Waals surface area contributed by atoms with Gasteiger partial charge in [-0.3, -0.25) is 9.48 Å². The smallest absolute Gasteiger partial charge is 0.228 e. The number of hydrogen-bond acceptors (Lipinski definition) is 4. The molecule has 1 amide bonds. The van der Waals surface area contributed by atoms with Crippen LogP contribution in [0, 0.1) is 20.8 Å². The van der Waals surface area contributed by atoms with Crippen LogP contribution >= 0.6 is 22.9 Å². The number of fused-ring (bicyclic) bond motifs is 1. The molecule has 0 saturated carbocycles. The van der Waals surface area contributed by atoms with Crippen LogP contribution in [0.15, 0.2) is 18.2 Å². The zero-order chi connectivity index (χ0) is 16.6. The van der Waals surface area contributed by atoms with Crippen molar-refractivity contribution in [3.63, 3.8) is 0 Å². The van der Waals surface area contributed by atoms with Gasteiger partial charge >= 0.3 is 0 Å². The zero-order valence-electron chi connectivity index (χ0n) is 13.2. The molecule has 2 aromatic heterocycles. The van der Waals surface area contributed by atoms with Crippen molar-refractivity contribution in [2.45, 2.75) is 33.7 Å². The summed E-state index contributed by atoms with van der Waals surface area (Å²) in [7, 11) is 0. The lowest BCUT2D eigenvalue weighted by atomic mass is 10.2. The summed E-state index contributed by atoms with van der Waals surface area (Å²) >= 11 is 7.59. The Morgan fingerprint density at radius 1 is 1.35 bits per heavy atom.